The van der Waals surface area contributed by atoms with Gasteiger partial charge in [0.1, 0.15) is 0 Å². The highest BCUT2D eigenvalue weighted by atomic mass is 19.1. The van der Waals surface area contributed by atoms with Crippen LogP contribution in [-0.4, -0.2) is 36.1 Å². The number of halogens is 1. The van der Waals surface area contributed by atoms with E-state index in [1.807, 2.05) is 11.8 Å². The number of likely N-dealkylation sites (N-methyl/N-ethyl adjacent to an activating group) is 2. The summed E-state index contributed by atoms with van der Waals surface area (Å²) in [5, 5.41) is 3.22. The molecule has 0 atom stereocenters. The van der Waals surface area contributed by atoms with Crippen LogP contribution in [0.5, 0.6) is 0 Å². The van der Waals surface area contributed by atoms with Crippen LogP contribution in [0.25, 0.3) is 0 Å². The van der Waals surface area contributed by atoms with Crippen LogP contribution in [0.1, 0.15) is 13.8 Å². The van der Waals surface area contributed by atoms with Crippen LogP contribution >= 0.6 is 0 Å². The Hall–Kier alpha value is -1.23. The van der Waals surface area contributed by atoms with Gasteiger partial charge in [-0.1, -0.05) is 6.92 Å². The molecule has 0 spiro atoms. The summed E-state index contributed by atoms with van der Waals surface area (Å²) in [5.74, 6) is 0.179. The van der Waals surface area contributed by atoms with Crippen LogP contribution in [0.2, 0.25) is 0 Å². The van der Waals surface area contributed by atoms with E-state index < -0.39 is 5.82 Å². The lowest BCUT2D eigenvalue weighted by Crippen LogP contribution is -2.33. The fourth-order valence-electron chi connectivity index (χ4n) is 1.26. The van der Waals surface area contributed by atoms with Crippen molar-refractivity contribution in [3.63, 3.8) is 0 Å². The van der Waals surface area contributed by atoms with E-state index in [-0.39, 0.29) is 0 Å². The van der Waals surface area contributed by atoms with E-state index in [0.717, 1.165) is 26.2 Å². The predicted molar refractivity (Wildman–Crippen MR) is 58.4 cm³/mol. The molecule has 0 fully saturated rings. The van der Waals surface area contributed by atoms with E-state index in [4.69, 9.17) is 0 Å². The van der Waals surface area contributed by atoms with Crippen molar-refractivity contribution in [2.75, 3.05) is 31.1 Å². The van der Waals surface area contributed by atoms with Crippen LogP contribution in [0, 0.1) is 5.82 Å². The molecule has 1 rings (SSSR count). The van der Waals surface area contributed by atoms with E-state index in [0.29, 0.717) is 5.95 Å². The Kier molecular flexibility index (Phi) is 4.97. The standard InChI is InChI=1S/C10H17FN4/c1-3-12-5-6-15(4-2)10-13-7-9(11)8-14-10/h7-8,12H,3-6H2,1-2H3. The Morgan fingerprint density at radius 2 is 2.00 bits per heavy atom. The molecule has 0 aliphatic rings. The van der Waals surface area contributed by atoms with Crippen molar-refractivity contribution in [1.29, 1.82) is 0 Å². The summed E-state index contributed by atoms with van der Waals surface area (Å²) in [7, 11) is 0. The lowest BCUT2D eigenvalue weighted by atomic mass is 10.5. The molecular formula is C10H17FN4. The Morgan fingerprint density at radius 3 is 2.53 bits per heavy atom. The first-order valence-electron chi connectivity index (χ1n) is 5.21. The minimum Gasteiger partial charge on any atom is -0.340 e. The molecule has 15 heavy (non-hydrogen) atoms. The zero-order chi connectivity index (χ0) is 11.1. The van der Waals surface area contributed by atoms with Crippen LogP contribution in [0.3, 0.4) is 0 Å². The Bertz CT molecular complexity index is 275. The maximum Gasteiger partial charge on any atom is 0.225 e. The molecule has 0 unspecified atom stereocenters. The first kappa shape index (κ1) is 11.8. The van der Waals surface area contributed by atoms with Gasteiger partial charge in [0.05, 0.1) is 12.4 Å². The molecule has 4 nitrogen and oxygen atoms in total. The molecule has 0 saturated carbocycles. The summed E-state index contributed by atoms with van der Waals surface area (Å²) in [4.78, 5) is 9.88. The normalized spacial score (nSPS) is 10.3. The highest BCUT2D eigenvalue weighted by Crippen LogP contribution is 2.04. The minimum absolute atomic E-state index is 0.401. The smallest absolute Gasteiger partial charge is 0.225 e. The van der Waals surface area contributed by atoms with Gasteiger partial charge in [0, 0.05) is 19.6 Å². The summed E-state index contributed by atoms with van der Waals surface area (Å²) in [5.41, 5.74) is 0. The van der Waals surface area contributed by atoms with Crippen LogP contribution in [0.15, 0.2) is 12.4 Å². The fourth-order valence-corrected chi connectivity index (χ4v) is 1.26. The number of hydrogen-bond acceptors (Lipinski definition) is 4. The van der Waals surface area contributed by atoms with Crippen LogP contribution < -0.4 is 10.2 Å². The molecule has 0 bridgehead atoms. The molecule has 1 aromatic heterocycles. The molecule has 1 aromatic rings. The minimum atomic E-state index is -0.401. The van der Waals surface area contributed by atoms with Gasteiger partial charge in [0.2, 0.25) is 5.95 Å². The van der Waals surface area contributed by atoms with Crippen molar-refractivity contribution in [3.05, 3.63) is 18.2 Å². The first-order valence-corrected chi connectivity index (χ1v) is 5.21. The van der Waals surface area contributed by atoms with Gasteiger partial charge in [-0.15, -0.1) is 0 Å². The number of aromatic nitrogens is 2. The molecule has 84 valence electrons. The third-order valence-electron chi connectivity index (χ3n) is 2.08. The van der Waals surface area contributed by atoms with Crippen molar-refractivity contribution in [3.8, 4) is 0 Å². The lowest BCUT2D eigenvalue weighted by molar-refractivity contribution is 0.609. The number of nitrogens with one attached hydrogen (secondary N) is 1. The Balaban J connectivity index is 2.53. The Morgan fingerprint density at radius 1 is 1.33 bits per heavy atom. The summed E-state index contributed by atoms with van der Waals surface area (Å²) >= 11 is 0. The van der Waals surface area contributed by atoms with Crippen molar-refractivity contribution in [2.24, 2.45) is 0 Å². The monoisotopic (exact) mass is 212 g/mol. The second-order valence-corrected chi connectivity index (χ2v) is 3.13. The van der Waals surface area contributed by atoms with Crippen molar-refractivity contribution in [2.45, 2.75) is 13.8 Å². The van der Waals surface area contributed by atoms with Gasteiger partial charge in [-0.3, -0.25) is 0 Å². The van der Waals surface area contributed by atoms with Gasteiger partial charge < -0.3 is 10.2 Å². The van der Waals surface area contributed by atoms with Gasteiger partial charge >= 0.3 is 0 Å². The summed E-state index contributed by atoms with van der Waals surface area (Å²) < 4.78 is 12.6. The summed E-state index contributed by atoms with van der Waals surface area (Å²) in [6, 6.07) is 0. The third-order valence-corrected chi connectivity index (χ3v) is 2.08. The zero-order valence-corrected chi connectivity index (χ0v) is 9.20. The second kappa shape index (κ2) is 6.29. The highest BCUT2D eigenvalue weighted by Gasteiger charge is 2.06. The lowest BCUT2D eigenvalue weighted by Gasteiger charge is -2.20. The van der Waals surface area contributed by atoms with Gasteiger partial charge in [-0.25, -0.2) is 14.4 Å². The summed E-state index contributed by atoms with van der Waals surface area (Å²) in [6.07, 6.45) is 2.39. The topological polar surface area (TPSA) is 41.0 Å². The van der Waals surface area contributed by atoms with Crippen molar-refractivity contribution < 1.29 is 4.39 Å². The molecule has 0 saturated heterocycles. The number of hydrogen-bond donors (Lipinski definition) is 1. The van der Waals surface area contributed by atoms with Crippen molar-refractivity contribution in [1.82, 2.24) is 15.3 Å². The molecule has 0 aliphatic carbocycles. The third kappa shape index (κ3) is 3.79. The molecule has 0 radical (unpaired) electrons. The molecule has 0 amide bonds. The van der Waals surface area contributed by atoms with E-state index >= 15 is 0 Å². The van der Waals surface area contributed by atoms with E-state index in [1.165, 1.54) is 12.4 Å². The number of anilines is 1. The highest BCUT2D eigenvalue weighted by molar-refractivity contribution is 5.27. The predicted octanol–water partition coefficient (Wildman–Crippen LogP) is 1.05. The van der Waals surface area contributed by atoms with E-state index in [1.54, 1.807) is 0 Å². The van der Waals surface area contributed by atoms with E-state index in [9.17, 15) is 4.39 Å². The van der Waals surface area contributed by atoms with Crippen LogP contribution in [0.4, 0.5) is 10.3 Å². The maximum atomic E-state index is 12.6. The fraction of sp³-hybridized carbons (Fsp3) is 0.600. The quantitative estimate of drug-likeness (QED) is 0.716. The van der Waals surface area contributed by atoms with E-state index in [2.05, 4.69) is 22.2 Å². The van der Waals surface area contributed by atoms with Gasteiger partial charge in [-0.2, -0.15) is 0 Å². The molecule has 1 N–H and O–H groups in total. The number of rotatable bonds is 6. The van der Waals surface area contributed by atoms with Crippen molar-refractivity contribution >= 4 is 5.95 Å². The molecule has 0 aromatic carbocycles. The van der Waals surface area contributed by atoms with Gasteiger partial charge in [0.25, 0.3) is 0 Å². The van der Waals surface area contributed by atoms with Gasteiger partial charge in [0.15, 0.2) is 5.82 Å². The van der Waals surface area contributed by atoms with Crippen LogP contribution in [-0.2, 0) is 0 Å². The van der Waals surface area contributed by atoms with Gasteiger partial charge in [-0.05, 0) is 13.5 Å². The average molecular weight is 212 g/mol. The molecule has 0 aliphatic heterocycles. The summed E-state index contributed by atoms with van der Waals surface area (Å²) in [6.45, 7) is 7.56. The molecule has 1 heterocycles. The first-order chi connectivity index (χ1) is 7.27. The SMILES string of the molecule is CCNCCN(CC)c1ncc(F)cn1. The molecular weight excluding hydrogens is 195 g/mol. The maximum absolute atomic E-state index is 12.6. The zero-order valence-electron chi connectivity index (χ0n) is 9.20. The average Bonchev–Trinajstić information content (AvgIpc) is 2.26. The largest absolute Gasteiger partial charge is 0.340 e. The number of nitrogens with zero attached hydrogens (tertiary/aromatic N) is 3. The molecule has 5 heteroatoms. The second-order valence-electron chi connectivity index (χ2n) is 3.13. The Labute approximate surface area is 89.5 Å².